The van der Waals surface area contributed by atoms with Crippen molar-refractivity contribution in [1.82, 2.24) is 4.31 Å². The Kier molecular flexibility index (Phi) is 3.34. The molecule has 0 bridgehead atoms. The molecular formula is C12H12N2O5S2+. The SMILES string of the molecule is O=S1(=O)CCc2cccc(S(=O)(=O)[N+]3C=NC=CC3)c2O1. The molecule has 0 spiro atoms. The van der Waals surface area contributed by atoms with Crippen molar-refractivity contribution >= 4 is 26.5 Å². The molecule has 2 heterocycles. The molecule has 9 heteroatoms. The van der Waals surface area contributed by atoms with Crippen LogP contribution in [-0.4, -0.2) is 35.5 Å². The third-order valence-electron chi connectivity index (χ3n) is 3.15. The summed E-state index contributed by atoms with van der Waals surface area (Å²) in [7, 11) is -7.65. The van der Waals surface area contributed by atoms with E-state index in [0.29, 0.717) is 5.56 Å². The molecule has 0 unspecified atom stereocenters. The first-order chi connectivity index (χ1) is 9.90. The molecule has 2 aliphatic rings. The van der Waals surface area contributed by atoms with Gasteiger partial charge in [-0.3, -0.25) is 0 Å². The highest BCUT2D eigenvalue weighted by atomic mass is 32.2. The molecule has 1 aromatic carbocycles. The number of aliphatic imine (C=N–C) groups is 1. The Hall–Kier alpha value is -1.71. The van der Waals surface area contributed by atoms with Crippen molar-refractivity contribution in [3.63, 3.8) is 0 Å². The van der Waals surface area contributed by atoms with E-state index in [0.717, 1.165) is 4.31 Å². The van der Waals surface area contributed by atoms with E-state index in [2.05, 4.69) is 4.99 Å². The molecule has 111 valence electrons. The summed E-state index contributed by atoms with van der Waals surface area (Å²) in [5.74, 6) is -0.260. The first-order valence-corrected chi connectivity index (χ1v) is 9.16. The summed E-state index contributed by atoms with van der Waals surface area (Å²) >= 11 is 0. The number of fused-ring (bicyclic) bond motifs is 1. The van der Waals surface area contributed by atoms with Crippen LogP contribution in [0.25, 0.3) is 0 Å². The maximum absolute atomic E-state index is 12.6. The summed E-state index contributed by atoms with van der Waals surface area (Å²) in [6, 6.07) is 4.57. The van der Waals surface area contributed by atoms with Crippen LogP contribution in [0.1, 0.15) is 5.56 Å². The van der Waals surface area contributed by atoms with E-state index in [1.807, 2.05) is 0 Å². The Labute approximate surface area is 122 Å². The van der Waals surface area contributed by atoms with Crippen LogP contribution in [0.2, 0.25) is 0 Å². The van der Waals surface area contributed by atoms with Gasteiger partial charge < -0.3 is 4.18 Å². The lowest BCUT2D eigenvalue weighted by Crippen LogP contribution is -2.37. The van der Waals surface area contributed by atoms with Gasteiger partial charge >= 0.3 is 20.1 Å². The van der Waals surface area contributed by atoms with Crippen LogP contribution in [0.15, 0.2) is 40.4 Å². The number of hydrogen-bond donors (Lipinski definition) is 0. The molecule has 0 N–H and O–H groups in total. The first-order valence-electron chi connectivity index (χ1n) is 6.14. The van der Waals surface area contributed by atoms with Crippen LogP contribution in [0.5, 0.6) is 5.75 Å². The summed E-state index contributed by atoms with van der Waals surface area (Å²) in [5.41, 5.74) is 0.565. The standard InChI is InChI=1S/C12H12N2O5S2/c15-20(16)8-5-10-3-1-4-11(12(10)19-20)21(17,18)14-7-2-6-13-9-14/h1-4,6,9H,5,7-8H2/q+1. The highest BCUT2D eigenvalue weighted by molar-refractivity contribution is 7.90. The van der Waals surface area contributed by atoms with Gasteiger partial charge in [0.05, 0.1) is 5.75 Å². The van der Waals surface area contributed by atoms with Crippen molar-refractivity contribution in [1.29, 1.82) is 0 Å². The smallest absolute Gasteiger partial charge is 0.380 e. The van der Waals surface area contributed by atoms with Crippen LogP contribution in [-0.2, 0) is 26.6 Å². The quantitative estimate of drug-likeness (QED) is 0.576. The predicted molar refractivity (Wildman–Crippen MR) is 76.4 cm³/mol. The van der Waals surface area contributed by atoms with Crippen molar-refractivity contribution in [2.45, 2.75) is 11.3 Å². The molecule has 0 saturated carbocycles. The zero-order chi connectivity index (χ0) is 15.1. The predicted octanol–water partition coefficient (Wildman–Crippen LogP) is 0.336. The highest BCUT2D eigenvalue weighted by Gasteiger charge is 2.39. The third kappa shape index (κ3) is 2.59. The van der Waals surface area contributed by atoms with Crippen LogP contribution < -0.4 is 8.49 Å². The number of aryl methyl sites for hydroxylation is 1. The second kappa shape index (κ2) is 4.93. The molecule has 2 aliphatic heterocycles. The molecule has 0 aromatic heterocycles. The normalized spacial score (nSPS) is 20.8. The molecule has 0 saturated heterocycles. The van der Waals surface area contributed by atoms with E-state index < -0.39 is 20.1 Å². The Balaban J connectivity index is 2.12. The van der Waals surface area contributed by atoms with Gasteiger partial charge in [-0.25, -0.2) is 4.99 Å². The monoisotopic (exact) mass is 328 g/mol. The van der Waals surface area contributed by atoms with E-state index in [1.54, 1.807) is 18.2 Å². The molecule has 3 rings (SSSR count). The fraction of sp³-hybridized carbons (Fsp3) is 0.250. The highest BCUT2D eigenvalue weighted by Crippen LogP contribution is 2.34. The number of nitrogens with zero attached hydrogens (tertiary/aromatic N) is 2. The first kappa shape index (κ1) is 14.2. The lowest BCUT2D eigenvalue weighted by atomic mass is 10.1. The number of benzene rings is 1. The zero-order valence-electron chi connectivity index (χ0n) is 10.8. The molecule has 0 amide bonds. The second-order valence-corrected chi connectivity index (χ2v) is 8.11. The van der Waals surface area contributed by atoms with E-state index >= 15 is 0 Å². The van der Waals surface area contributed by atoms with Crippen molar-refractivity contribution < 1.29 is 21.0 Å². The van der Waals surface area contributed by atoms with E-state index in [9.17, 15) is 16.8 Å². The minimum Gasteiger partial charge on any atom is -0.380 e. The fourth-order valence-electron chi connectivity index (χ4n) is 2.12. The maximum atomic E-state index is 12.6. The summed E-state index contributed by atoms with van der Waals surface area (Å²) < 4.78 is 54.4. The summed E-state index contributed by atoms with van der Waals surface area (Å²) in [6.07, 6.45) is 4.50. The number of para-hydroxylation sites is 1. The van der Waals surface area contributed by atoms with E-state index in [1.165, 1.54) is 18.6 Å². The average Bonchev–Trinajstić information content (AvgIpc) is 2.46. The fourth-order valence-corrected chi connectivity index (χ4v) is 4.55. The van der Waals surface area contributed by atoms with Gasteiger partial charge in [-0.2, -0.15) is 16.8 Å². The molecule has 1 aromatic rings. The Morgan fingerprint density at radius 2 is 2.10 bits per heavy atom. The molecule has 1 radical (unpaired) electrons. The van der Waals surface area contributed by atoms with Crippen LogP contribution >= 0.6 is 0 Å². The van der Waals surface area contributed by atoms with Crippen molar-refractivity contribution in [3.05, 3.63) is 36.0 Å². The Bertz CT molecular complexity index is 840. The summed E-state index contributed by atoms with van der Waals surface area (Å²) in [6.45, 7) is 0.141. The van der Waals surface area contributed by atoms with Crippen molar-refractivity contribution in [2.24, 2.45) is 4.99 Å². The van der Waals surface area contributed by atoms with Gasteiger partial charge in [-0.15, -0.1) is 0 Å². The number of rotatable bonds is 2. The summed E-state index contributed by atoms with van der Waals surface area (Å²) in [4.78, 5) is 3.61. The van der Waals surface area contributed by atoms with E-state index in [4.69, 9.17) is 4.18 Å². The van der Waals surface area contributed by atoms with Gasteiger partial charge in [-0.1, -0.05) is 12.1 Å². The minimum atomic E-state index is -3.91. The van der Waals surface area contributed by atoms with Crippen molar-refractivity contribution in [2.75, 3.05) is 12.3 Å². The molecule has 0 aliphatic carbocycles. The second-order valence-electron chi connectivity index (χ2n) is 4.56. The van der Waals surface area contributed by atoms with Gasteiger partial charge in [0.1, 0.15) is 0 Å². The van der Waals surface area contributed by atoms with Crippen LogP contribution in [0.4, 0.5) is 0 Å². The van der Waals surface area contributed by atoms with Gasteiger partial charge in [0.2, 0.25) is 0 Å². The zero-order valence-corrected chi connectivity index (χ0v) is 12.5. The summed E-state index contributed by atoms with van der Waals surface area (Å²) in [5, 5.41) is 0. The number of sulfonamides is 1. The molecule has 21 heavy (non-hydrogen) atoms. The molecule has 7 nitrogen and oxygen atoms in total. The average molecular weight is 328 g/mol. The third-order valence-corrected chi connectivity index (χ3v) is 6.01. The molecule has 0 fully saturated rings. The maximum Gasteiger partial charge on any atom is 0.382 e. The lowest BCUT2D eigenvalue weighted by molar-refractivity contribution is 0.464. The van der Waals surface area contributed by atoms with Crippen LogP contribution in [0, 0.1) is 0 Å². The van der Waals surface area contributed by atoms with Gasteiger partial charge in [0.25, 0.3) is 6.34 Å². The largest absolute Gasteiger partial charge is 0.382 e. The van der Waals surface area contributed by atoms with Gasteiger partial charge in [0.15, 0.2) is 17.2 Å². The van der Waals surface area contributed by atoms with Crippen LogP contribution in [0.3, 0.4) is 0 Å². The van der Waals surface area contributed by atoms with E-state index in [-0.39, 0.29) is 29.4 Å². The Morgan fingerprint density at radius 3 is 2.81 bits per heavy atom. The Morgan fingerprint density at radius 1 is 1.29 bits per heavy atom. The van der Waals surface area contributed by atoms with Gasteiger partial charge in [-0.05, 0) is 24.1 Å². The lowest BCUT2D eigenvalue weighted by Gasteiger charge is -2.19. The molecule has 0 atom stereocenters. The number of hydrogen-bond acceptors (Lipinski definition) is 6. The van der Waals surface area contributed by atoms with Gasteiger partial charge in [0, 0.05) is 10.5 Å². The minimum absolute atomic E-state index is 0.105. The van der Waals surface area contributed by atoms with Crippen molar-refractivity contribution in [3.8, 4) is 5.75 Å². The molecular weight excluding hydrogens is 316 g/mol. The topological polar surface area (TPSA) is 95.8 Å².